The van der Waals surface area contributed by atoms with Crippen molar-refractivity contribution >= 4 is 40.5 Å². The van der Waals surface area contributed by atoms with E-state index in [0.717, 1.165) is 11.3 Å². The van der Waals surface area contributed by atoms with E-state index in [0.29, 0.717) is 21.6 Å². The zero-order valence-electron chi connectivity index (χ0n) is 14.7. The highest BCUT2D eigenvalue weighted by Crippen LogP contribution is 2.45. The van der Waals surface area contributed by atoms with E-state index in [9.17, 15) is 4.79 Å². The molecule has 1 amide bonds. The third-order valence-electron chi connectivity index (χ3n) is 4.84. The number of carbonyl (C=O) groups excluding carboxylic acids is 1. The number of benzene rings is 2. The van der Waals surface area contributed by atoms with E-state index < -0.39 is 11.6 Å². The average molecular weight is 404 g/mol. The van der Waals surface area contributed by atoms with Crippen molar-refractivity contribution in [2.24, 2.45) is 5.92 Å². The predicted molar refractivity (Wildman–Crippen MR) is 107 cm³/mol. The lowest BCUT2D eigenvalue weighted by atomic mass is 9.80. The van der Waals surface area contributed by atoms with E-state index in [1.54, 1.807) is 49.6 Å². The van der Waals surface area contributed by atoms with Gasteiger partial charge in [-0.05, 0) is 61.6 Å². The monoisotopic (exact) mass is 403 g/mol. The van der Waals surface area contributed by atoms with Gasteiger partial charge in [-0.15, -0.1) is 0 Å². The predicted octanol–water partition coefficient (Wildman–Crippen LogP) is 3.23. The van der Waals surface area contributed by atoms with Gasteiger partial charge >= 0.3 is 0 Å². The van der Waals surface area contributed by atoms with Crippen LogP contribution in [-0.4, -0.2) is 23.9 Å². The third kappa shape index (κ3) is 3.17. The molecule has 2 aromatic carbocycles. The number of ether oxygens (including phenoxy) is 2. The van der Waals surface area contributed by atoms with Crippen LogP contribution in [0.3, 0.4) is 0 Å². The molecule has 2 heterocycles. The molecule has 0 saturated carbocycles. The summed E-state index contributed by atoms with van der Waals surface area (Å²) >= 11 is 11.5. The Balaban J connectivity index is 1.68. The van der Waals surface area contributed by atoms with Gasteiger partial charge in [0.25, 0.3) is 0 Å². The van der Waals surface area contributed by atoms with Gasteiger partial charge in [0.1, 0.15) is 17.4 Å². The van der Waals surface area contributed by atoms with Crippen LogP contribution in [0.5, 0.6) is 11.5 Å². The quantitative estimate of drug-likeness (QED) is 0.683. The molecular formula is C19H18ClN3O3S. The second-order valence-electron chi connectivity index (χ2n) is 6.66. The fourth-order valence-electron chi connectivity index (χ4n) is 3.61. The molecule has 3 unspecified atom stereocenters. The Morgan fingerprint density at radius 2 is 2.04 bits per heavy atom. The number of anilines is 1. The largest absolute Gasteiger partial charge is 0.497 e. The van der Waals surface area contributed by atoms with Crippen LogP contribution in [0.1, 0.15) is 18.5 Å². The molecule has 4 rings (SSSR count). The Morgan fingerprint density at radius 3 is 2.74 bits per heavy atom. The lowest BCUT2D eigenvalue weighted by molar-refractivity contribution is -0.132. The van der Waals surface area contributed by atoms with Gasteiger partial charge in [-0.2, -0.15) is 0 Å². The lowest BCUT2D eigenvalue weighted by Crippen LogP contribution is -2.70. The van der Waals surface area contributed by atoms with E-state index in [2.05, 4.69) is 16.0 Å². The van der Waals surface area contributed by atoms with Crippen LogP contribution in [-0.2, 0) is 4.79 Å². The SMILES string of the molecule is COc1ccc(NC(=O)C2C3NC(=S)NC2(C)Oc2ccc(Cl)cc23)cc1. The molecule has 2 aliphatic rings. The maximum Gasteiger partial charge on any atom is 0.236 e. The molecule has 2 bridgehead atoms. The van der Waals surface area contributed by atoms with Gasteiger partial charge in [0, 0.05) is 16.3 Å². The minimum atomic E-state index is -0.982. The molecule has 0 aliphatic carbocycles. The first-order valence-electron chi connectivity index (χ1n) is 8.42. The van der Waals surface area contributed by atoms with E-state index in [1.165, 1.54) is 0 Å². The molecule has 140 valence electrons. The van der Waals surface area contributed by atoms with Crippen molar-refractivity contribution in [3.63, 3.8) is 0 Å². The molecule has 2 aromatic rings. The highest BCUT2D eigenvalue weighted by molar-refractivity contribution is 7.80. The molecule has 3 atom stereocenters. The molecule has 0 aromatic heterocycles. The molecule has 27 heavy (non-hydrogen) atoms. The van der Waals surface area contributed by atoms with Crippen LogP contribution in [0, 0.1) is 5.92 Å². The highest BCUT2D eigenvalue weighted by atomic mass is 35.5. The minimum Gasteiger partial charge on any atom is -0.497 e. The number of methoxy groups -OCH3 is 1. The van der Waals surface area contributed by atoms with Crippen molar-refractivity contribution in [2.75, 3.05) is 12.4 Å². The smallest absolute Gasteiger partial charge is 0.236 e. The topological polar surface area (TPSA) is 71.6 Å². The summed E-state index contributed by atoms with van der Waals surface area (Å²) in [5.74, 6) is 0.621. The van der Waals surface area contributed by atoms with Crippen molar-refractivity contribution in [3.8, 4) is 11.5 Å². The number of halogens is 1. The molecule has 1 saturated heterocycles. The zero-order valence-corrected chi connectivity index (χ0v) is 16.3. The van der Waals surface area contributed by atoms with E-state index in [-0.39, 0.29) is 11.9 Å². The van der Waals surface area contributed by atoms with Gasteiger partial charge in [0.2, 0.25) is 5.91 Å². The van der Waals surface area contributed by atoms with Crippen molar-refractivity contribution in [2.45, 2.75) is 18.7 Å². The molecule has 0 spiro atoms. The van der Waals surface area contributed by atoms with Gasteiger partial charge in [0.15, 0.2) is 10.8 Å². The Kier molecular flexibility index (Phi) is 4.36. The molecular weight excluding hydrogens is 386 g/mol. The van der Waals surface area contributed by atoms with Crippen LogP contribution in [0.15, 0.2) is 42.5 Å². The lowest BCUT2D eigenvalue weighted by Gasteiger charge is -2.50. The molecule has 8 heteroatoms. The Labute approximate surface area is 167 Å². The summed E-state index contributed by atoms with van der Waals surface area (Å²) in [6.45, 7) is 1.82. The van der Waals surface area contributed by atoms with Gasteiger partial charge in [-0.25, -0.2) is 0 Å². The summed E-state index contributed by atoms with van der Waals surface area (Å²) in [5.41, 5.74) is 0.491. The van der Waals surface area contributed by atoms with Crippen molar-refractivity contribution < 1.29 is 14.3 Å². The second kappa shape index (κ2) is 6.58. The van der Waals surface area contributed by atoms with E-state index in [4.69, 9.17) is 33.3 Å². The standard InChI is InChI=1S/C19H18ClN3O3S/c1-19-15(17(24)21-11-4-6-12(25-2)7-5-11)16(22-18(27)23-19)13-9-10(20)3-8-14(13)26-19/h3-9,15-16H,1-2H3,(H,21,24)(H2,22,23,27). The van der Waals surface area contributed by atoms with Crippen molar-refractivity contribution in [1.29, 1.82) is 0 Å². The first-order valence-corrected chi connectivity index (χ1v) is 9.20. The van der Waals surface area contributed by atoms with Crippen LogP contribution < -0.4 is 25.4 Å². The first-order chi connectivity index (χ1) is 12.9. The van der Waals surface area contributed by atoms with Crippen LogP contribution in [0.25, 0.3) is 0 Å². The third-order valence-corrected chi connectivity index (χ3v) is 5.30. The molecule has 0 radical (unpaired) electrons. The maximum atomic E-state index is 13.2. The van der Waals surface area contributed by atoms with Crippen LogP contribution >= 0.6 is 23.8 Å². The summed E-state index contributed by atoms with van der Waals surface area (Å²) < 4.78 is 11.3. The number of carbonyl (C=O) groups is 1. The summed E-state index contributed by atoms with van der Waals surface area (Å²) in [5, 5.41) is 10.2. The second-order valence-corrected chi connectivity index (χ2v) is 7.51. The fourth-order valence-corrected chi connectivity index (χ4v) is 4.12. The molecule has 3 N–H and O–H groups in total. The fraction of sp³-hybridized carbons (Fsp3) is 0.263. The van der Waals surface area contributed by atoms with Crippen molar-refractivity contribution in [3.05, 3.63) is 53.1 Å². The van der Waals surface area contributed by atoms with Gasteiger partial charge in [0.05, 0.1) is 13.2 Å². The van der Waals surface area contributed by atoms with E-state index >= 15 is 0 Å². The summed E-state index contributed by atoms with van der Waals surface area (Å²) in [6, 6.07) is 12.2. The molecule has 6 nitrogen and oxygen atoms in total. The Hall–Kier alpha value is -2.51. The highest BCUT2D eigenvalue weighted by Gasteiger charge is 2.54. The molecule has 1 fully saturated rings. The van der Waals surface area contributed by atoms with Crippen LogP contribution in [0.4, 0.5) is 5.69 Å². The first kappa shape index (κ1) is 17.9. The van der Waals surface area contributed by atoms with Gasteiger partial charge in [-0.3, -0.25) is 4.79 Å². The Bertz CT molecular complexity index is 921. The molecule has 2 aliphatic heterocycles. The average Bonchev–Trinajstić information content (AvgIpc) is 2.62. The summed E-state index contributed by atoms with van der Waals surface area (Å²) in [6.07, 6.45) is 0. The maximum absolute atomic E-state index is 13.2. The minimum absolute atomic E-state index is 0.194. The number of rotatable bonds is 3. The van der Waals surface area contributed by atoms with Crippen LogP contribution in [0.2, 0.25) is 5.02 Å². The summed E-state index contributed by atoms with van der Waals surface area (Å²) in [7, 11) is 1.60. The van der Waals surface area contributed by atoms with E-state index in [1.807, 2.05) is 6.92 Å². The number of fused-ring (bicyclic) bond motifs is 4. The number of nitrogens with one attached hydrogen (secondary N) is 3. The number of thiocarbonyl (C=S) groups is 1. The normalized spacial score (nSPS) is 25.4. The van der Waals surface area contributed by atoms with Gasteiger partial charge < -0.3 is 25.4 Å². The summed E-state index contributed by atoms with van der Waals surface area (Å²) in [4.78, 5) is 13.2. The Morgan fingerprint density at radius 1 is 1.30 bits per heavy atom. The number of amides is 1. The van der Waals surface area contributed by atoms with Crippen molar-refractivity contribution in [1.82, 2.24) is 10.6 Å². The van der Waals surface area contributed by atoms with Gasteiger partial charge in [-0.1, -0.05) is 11.6 Å². The number of hydrogen-bond donors (Lipinski definition) is 3. The number of hydrogen-bond acceptors (Lipinski definition) is 4. The zero-order chi connectivity index (χ0) is 19.2.